The van der Waals surface area contributed by atoms with Gasteiger partial charge in [0.2, 0.25) is 0 Å². The molecule has 3 aliphatic heterocycles. The monoisotopic (exact) mass is 519 g/mol. The Morgan fingerprint density at radius 2 is 2.12 bits per heavy atom. The normalized spacial score (nSPS) is 26.3. The number of piperidine rings is 3. The molecule has 4 heterocycles. The Bertz CT molecular complexity index is 1240. The van der Waals surface area contributed by atoms with Gasteiger partial charge in [-0.1, -0.05) is 24.3 Å². The number of aliphatic hydroxyl groups excluding tert-OH is 1. The molecule has 0 amide bonds. The van der Waals surface area contributed by atoms with Gasteiger partial charge in [0.15, 0.2) is 0 Å². The minimum absolute atomic E-state index is 0. The van der Waals surface area contributed by atoms with Crippen LogP contribution in [0.1, 0.15) is 35.6 Å². The first-order valence-corrected chi connectivity index (χ1v) is 11.7. The Labute approximate surface area is 211 Å². The summed E-state index contributed by atoms with van der Waals surface area (Å²) in [7, 11) is 1.65. The number of nitrogens with zero attached hydrogens (tertiary/aromatic N) is 3. The zero-order chi connectivity index (χ0) is 23.0. The SMILES string of the molecule is C=C[C@H]1C[N+]2(Cc3ccccc3C#N)CC[C@H]1C[C@H]2[C@H](O)c1ccnc2ccc(OC)cc12.[Br-]. The summed E-state index contributed by atoms with van der Waals surface area (Å²) in [5, 5.41) is 22.5. The van der Waals surface area contributed by atoms with E-state index in [1.807, 2.05) is 42.5 Å². The fourth-order valence-electron chi connectivity index (χ4n) is 6.23. The molecule has 0 aliphatic carbocycles. The summed E-state index contributed by atoms with van der Waals surface area (Å²) in [6.07, 6.45) is 5.32. The van der Waals surface area contributed by atoms with Crippen molar-refractivity contribution < 1.29 is 31.3 Å². The molecule has 3 fully saturated rings. The van der Waals surface area contributed by atoms with Gasteiger partial charge in [-0.2, -0.15) is 5.26 Å². The summed E-state index contributed by atoms with van der Waals surface area (Å²) in [4.78, 5) is 4.50. The minimum atomic E-state index is -0.634. The second-order valence-electron chi connectivity index (χ2n) is 9.53. The molecular formula is C28H30BrN3O2. The van der Waals surface area contributed by atoms with Crippen LogP contribution >= 0.6 is 0 Å². The summed E-state index contributed by atoms with van der Waals surface area (Å²) >= 11 is 0. The van der Waals surface area contributed by atoms with Gasteiger partial charge in [-0.15, -0.1) is 6.58 Å². The first kappa shape index (κ1) is 24.4. The average Bonchev–Trinajstić information content (AvgIpc) is 2.87. The third-order valence-corrected chi connectivity index (χ3v) is 7.96. The van der Waals surface area contributed by atoms with E-state index in [-0.39, 0.29) is 23.0 Å². The van der Waals surface area contributed by atoms with Crippen LogP contribution in [-0.2, 0) is 6.54 Å². The number of hydrogen-bond donors (Lipinski definition) is 1. The molecule has 2 bridgehead atoms. The number of fused-ring (bicyclic) bond motifs is 4. The molecule has 176 valence electrons. The predicted octanol–water partition coefficient (Wildman–Crippen LogP) is 1.76. The second kappa shape index (κ2) is 9.87. The minimum Gasteiger partial charge on any atom is -1.00 e. The average molecular weight is 520 g/mol. The van der Waals surface area contributed by atoms with Gasteiger partial charge >= 0.3 is 0 Å². The summed E-state index contributed by atoms with van der Waals surface area (Å²) in [5.41, 5.74) is 3.54. The lowest BCUT2D eigenvalue weighted by Gasteiger charge is -2.58. The van der Waals surface area contributed by atoms with Crippen LogP contribution in [0, 0.1) is 23.2 Å². The number of ether oxygens (including phenoxy) is 1. The highest BCUT2D eigenvalue weighted by Gasteiger charge is 2.54. The smallest absolute Gasteiger partial charge is 0.131 e. The summed E-state index contributed by atoms with van der Waals surface area (Å²) < 4.78 is 6.23. The van der Waals surface area contributed by atoms with Crippen molar-refractivity contribution in [2.45, 2.75) is 31.5 Å². The van der Waals surface area contributed by atoms with E-state index < -0.39 is 6.10 Å². The van der Waals surface area contributed by atoms with Gasteiger partial charge < -0.3 is 31.3 Å². The molecule has 3 aromatic rings. The standard InChI is InChI=1S/C28H30N3O2.BrH/c1-3-19-17-31(18-22-7-5-4-6-21(22)16-29)13-11-20(19)14-27(31)28(32)24-10-12-30-26-9-8-23(33-2)15-25(24)26;/h3-10,12,15,19-20,27-28,32H,1,11,13-14,17-18H2,2H3;1H/q+1;/p-1/t19-,20-,27-,28+,31?;/m0./s1. The second-order valence-corrected chi connectivity index (χ2v) is 9.53. The fraction of sp³-hybridized carbons (Fsp3) is 0.357. The van der Waals surface area contributed by atoms with Gasteiger partial charge in [-0.3, -0.25) is 4.98 Å². The highest BCUT2D eigenvalue weighted by molar-refractivity contribution is 5.83. The lowest BCUT2D eigenvalue weighted by molar-refractivity contribution is -0.985. The first-order chi connectivity index (χ1) is 16.1. The van der Waals surface area contributed by atoms with Crippen LogP contribution in [0.25, 0.3) is 10.9 Å². The summed E-state index contributed by atoms with van der Waals surface area (Å²) in [5.74, 6) is 1.73. The topological polar surface area (TPSA) is 66.1 Å². The molecule has 6 rings (SSSR count). The number of methoxy groups -OCH3 is 1. The quantitative estimate of drug-likeness (QED) is 0.398. The first-order valence-electron chi connectivity index (χ1n) is 11.7. The Kier molecular flexibility index (Phi) is 7.09. The molecule has 5 atom stereocenters. The van der Waals surface area contributed by atoms with Crippen LogP contribution in [0.3, 0.4) is 0 Å². The Morgan fingerprint density at radius 1 is 1.29 bits per heavy atom. The van der Waals surface area contributed by atoms with E-state index >= 15 is 0 Å². The van der Waals surface area contributed by atoms with Crippen LogP contribution in [-0.4, -0.2) is 40.8 Å². The van der Waals surface area contributed by atoms with E-state index in [9.17, 15) is 10.4 Å². The van der Waals surface area contributed by atoms with Crippen LogP contribution in [0.4, 0.5) is 0 Å². The number of aromatic nitrogens is 1. The maximum absolute atomic E-state index is 11.9. The van der Waals surface area contributed by atoms with Crippen molar-refractivity contribution in [1.82, 2.24) is 4.98 Å². The number of pyridine rings is 1. The predicted molar refractivity (Wildman–Crippen MR) is 128 cm³/mol. The number of quaternary nitrogens is 1. The number of rotatable bonds is 6. The lowest BCUT2D eigenvalue weighted by Crippen LogP contribution is -3.00. The maximum Gasteiger partial charge on any atom is 0.131 e. The van der Waals surface area contributed by atoms with Crippen molar-refractivity contribution >= 4 is 10.9 Å². The molecule has 0 spiro atoms. The third-order valence-electron chi connectivity index (χ3n) is 7.96. The lowest BCUT2D eigenvalue weighted by atomic mass is 9.71. The van der Waals surface area contributed by atoms with Crippen LogP contribution < -0.4 is 21.7 Å². The Morgan fingerprint density at radius 3 is 2.88 bits per heavy atom. The summed E-state index contributed by atoms with van der Waals surface area (Å²) in [6, 6.07) is 18.0. The molecule has 1 unspecified atom stereocenters. The van der Waals surface area contributed by atoms with Crippen molar-refractivity contribution in [3.05, 3.63) is 84.1 Å². The summed E-state index contributed by atoms with van der Waals surface area (Å²) in [6.45, 7) is 6.81. The van der Waals surface area contributed by atoms with Gasteiger partial charge in [0.05, 0.1) is 37.3 Å². The van der Waals surface area contributed by atoms with E-state index in [0.29, 0.717) is 11.8 Å². The van der Waals surface area contributed by atoms with E-state index in [4.69, 9.17) is 4.74 Å². The van der Waals surface area contributed by atoms with Gasteiger partial charge in [0, 0.05) is 35.9 Å². The molecule has 3 aliphatic rings. The van der Waals surface area contributed by atoms with Gasteiger partial charge in [-0.05, 0) is 41.8 Å². The fourth-order valence-corrected chi connectivity index (χ4v) is 6.23. The highest BCUT2D eigenvalue weighted by Crippen LogP contribution is 2.48. The van der Waals surface area contributed by atoms with Crippen LogP contribution in [0.15, 0.2) is 67.4 Å². The molecule has 0 radical (unpaired) electrons. The molecule has 5 nitrogen and oxygen atoms in total. The Hall–Kier alpha value is -2.72. The van der Waals surface area contributed by atoms with E-state index in [0.717, 1.165) is 70.3 Å². The van der Waals surface area contributed by atoms with E-state index in [2.05, 4.69) is 29.8 Å². The van der Waals surface area contributed by atoms with Crippen LogP contribution in [0.2, 0.25) is 0 Å². The Balaban J connectivity index is 0.00000274. The molecule has 1 N–H and O–H groups in total. The van der Waals surface area contributed by atoms with Crippen molar-refractivity contribution in [3.8, 4) is 11.8 Å². The van der Waals surface area contributed by atoms with Crippen molar-refractivity contribution in [2.24, 2.45) is 11.8 Å². The number of hydrogen-bond acceptors (Lipinski definition) is 4. The molecule has 3 saturated heterocycles. The van der Waals surface area contributed by atoms with Crippen molar-refractivity contribution in [3.63, 3.8) is 0 Å². The van der Waals surface area contributed by atoms with Crippen LogP contribution in [0.5, 0.6) is 5.75 Å². The van der Waals surface area contributed by atoms with E-state index in [1.165, 1.54) is 0 Å². The number of aliphatic hydroxyl groups is 1. The zero-order valence-corrected chi connectivity index (χ0v) is 21.0. The molecular weight excluding hydrogens is 490 g/mol. The molecule has 1 aromatic heterocycles. The zero-order valence-electron chi connectivity index (χ0n) is 19.4. The van der Waals surface area contributed by atoms with Gasteiger partial charge in [-0.25, -0.2) is 0 Å². The van der Waals surface area contributed by atoms with Gasteiger partial charge in [0.25, 0.3) is 0 Å². The highest BCUT2D eigenvalue weighted by atomic mass is 79.9. The number of halogens is 1. The molecule has 6 heteroatoms. The van der Waals surface area contributed by atoms with E-state index in [1.54, 1.807) is 13.3 Å². The van der Waals surface area contributed by atoms with Gasteiger partial charge in [0.1, 0.15) is 24.4 Å². The third kappa shape index (κ3) is 4.13. The number of nitriles is 1. The number of benzene rings is 2. The largest absolute Gasteiger partial charge is 1.00 e. The van der Waals surface area contributed by atoms with Crippen molar-refractivity contribution in [1.29, 1.82) is 5.26 Å². The molecule has 2 aromatic carbocycles. The van der Waals surface area contributed by atoms with Crippen molar-refractivity contribution in [2.75, 3.05) is 20.2 Å². The maximum atomic E-state index is 11.9. The molecule has 34 heavy (non-hydrogen) atoms. The molecule has 0 saturated carbocycles.